The minimum absolute atomic E-state index is 0.0967. The highest BCUT2D eigenvalue weighted by Crippen LogP contribution is 2.61. The Bertz CT molecular complexity index is 380. The number of hydrogen-bond donors (Lipinski definition) is 1. The number of carbonyl (C=O) groups is 1. The fourth-order valence-electron chi connectivity index (χ4n) is 4.56. The summed E-state index contributed by atoms with van der Waals surface area (Å²) in [5, 5.41) is 10.6. The zero-order chi connectivity index (χ0) is 11.6. The van der Waals surface area contributed by atoms with Crippen LogP contribution in [-0.2, 0) is 4.79 Å². The van der Waals surface area contributed by atoms with Crippen molar-refractivity contribution in [1.29, 1.82) is 0 Å². The van der Waals surface area contributed by atoms with Gasteiger partial charge in [0.1, 0.15) is 5.78 Å². The van der Waals surface area contributed by atoms with Crippen LogP contribution in [0.5, 0.6) is 0 Å². The van der Waals surface area contributed by atoms with Gasteiger partial charge < -0.3 is 5.11 Å². The molecule has 2 saturated carbocycles. The van der Waals surface area contributed by atoms with Gasteiger partial charge in [0.25, 0.3) is 0 Å². The summed E-state index contributed by atoms with van der Waals surface area (Å²) in [7, 11) is 0. The summed E-state index contributed by atoms with van der Waals surface area (Å²) in [5.74, 6) is 0.711. The highest BCUT2D eigenvalue weighted by molar-refractivity contribution is 5.85. The molecule has 0 radical (unpaired) electrons. The van der Waals surface area contributed by atoms with E-state index in [2.05, 4.69) is 13.0 Å². The molecule has 1 N–H and O–H groups in total. The van der Waals surface area contributed by atoms with Crippen molar-refractivity contribution < 1.29 is 9.90 Å². The number of hydrogen-bond acceptors (Lipinski definition) is 2. The number of rotatable bonds is 0. The average molecular weight is 220 g/mol. The molecule has 0 aromatic rings. The molecule has 3 rings (SSSR count). The minimum Gasteiger partial charge on any atom is -0.389 e. The first-order chi connectivity index (χ1) is 7.45. The molecule has 2 nitrogen and oxygen atoms in total. The maximum atomic E-state index is 12.0. The number of ketones is 1. The highest BCUT2D eigenvalue weighted by Gasteiger charge is 2.60. The maximum absolute atomic E-state index is 12.0. The van der Waals surface area contributed by atoms with Gasteiger partial charge in [0.2, 0.25) is 0 Å². The molecule has 3 aliphatic rings. The Hall–Kier alpha value is -0.630. The summed E-state index contributed by atoms with van der Waals surface area (Å²) in [6, 6.07) is 0. The molecule has 2 bridgehead atoms. The van der Waals surface area contributed by atoms with E-state index in [4.69, 9.17) is 0 Å². The van der Waals surface area contributed by atoms with E-state index in [1.54, 1.807) is 0 Å². The van der Waals surface area contributed by atoms with Crippen molar-refractivity contribution in [3.8, 4) is 0 Å². The number of allylic oxidation sites excluding steroid dienone is 2. The molecule has 1 spiro atoms. The first kappa shape index (κ1) is 10.5. The summed E-state index contributed by atoms with van der Waals surface area (Å²) in [4.78, 5) is 12.0. The van der Waals surface area contributed by atoms with Crippen molar-refractivity contribution in [1.82, 2.24) is 0 Å². The van der Waals surface area contributed by atoms with E-state index in [0.717, 1.165) is 25.7 Å². The molecule has 2 heteroatoms. The van der Waals surface area contributed by atoms with Crippen LogP contribution in [0.4, 0.5) is 0 Å². The van der Waals surface area contributed by atoms with Crippen LogP contribution in [0.3, 0.4) is 0 Å². The fraction of sp³-hybridized carbons (Fsp3) is 0.786. The Morgan fingerprint density at radius 3 is 2.94 bits per heavy atom. The van der Waals surface area contributed by atoms with Crippen LogP contribution in [-0.4, -0.2) is 16.5 Å². The Morgan fingerprint density at radius 1 is 1.44 bits per heavy atom. The molecule has 0 amide bonds. The van der Waals surface area contributed by atoms with Gasteiger partial charge in [0.05, 0.1) is 11.5 Å². The second-order valence-corrected chi connectivity index (χ2v) is 6.38. The van der Waals surface area contributed by atoms with E-state index in [0.29, 0.717) is 18.1 Å². The van der Waals surface area contributed by atoms with Crippen molar-refractivity contribution in [3.63, 3.8) is 0 Å². The maximum Gasteiger partial charge on any atom is 0.139 e. The third kappa shape index (κ3) is 1.20. The smallest absolute Gasteiger partial charge is 0.139 e. The lowest BCUT2D eigenvalue weighted by molar-refractivity contribution is -0.144. The average Bonchev–Trinajstić information content (AvgIpc) is 2.51. The predicted octanol–water partition coefficient (Wildman–Crippen LogP) is 2.46. The Morgan fingerprint density at radius 2 is 2.19 bits per heavy atom. The lowest BCUT2D eigenvalue weighted by Crippen LogP contribution is -2.53. The van der Waals surface area contributed by atoms with Gasteiger partial charge in [-0.25, -0.2) is 0 Å². The zero-order valence-corrected chi connectivity index (χ0v) is 10.1. The Labute approximate surface area is 96.7 Å². The first-order valence-electron chi connectivity index (χ1n) is 6.36. The van der Waals surface area contributed by atoms with Gasteiger partial charge in [-0.15, -0.1) is 0 Å². The van der Waals surface area contributed by atoms with Crippen LogP contribution in [0.15, 0.2) is 11.6 Å². The number of Topliss-reactive ketones (excluding diaryl/α,β-unsaturated/α-hetero) is 1. The molecule has 0 aromatic heterocycles. The van der Waals surface area contributed by atoms with E-state index in [9.17, 15) is 9.90 Å². The molecule has 4 unspecified atom stereocenters. The molecule has 0 heterocycles. The van der Waals surface area contributed by atoms with Gasteiger partial charge in [-0.1, -0.05) is 11.6 Å². The third-order valence-corrected chi connectivity index (χ3v) is 5.21. The van der Waals surface area contributed by atoms with Gasteiger partial charge >= 0.3 is 0 Å². The quantitative estimate of drug-likeness (QED) is 0.637. The number of carbonyl (C=O) groups excluding carboxylic acids is 1. The van der Waals surface area contributed by atoms with Crippen LogP contribution in [0, 0.1) is 17.3 Å². The van der Waals surface area contributed by atoms with Crippen LogP contribution in [0.1, 0.15) is 46.0 Å². The topological polar surface area (TPSA) is 37.3 Å². The molecular weight excluding hydrogens is 200 g/mol. The standard InChI is InChI=1S/C14H20O2/c1-9-3-5-14-6-4-11(15)12(14)13(2,16)7-10(9)8-14/h3,10,12,16H,4-8H2,1-2H3. The van der Waals surface area contributed by atoms with E-state index in [1.807, 2.05) is 6.92 Å². The molecule has 88 valence electrons. The van der Waals surface area contributed by atoms with Gasteiger partial charge in [-0.2, -0.15) is 0 Å². The monoisotopic (exact) mass is 220 g/mol. The molecule has 0 aliphatic heterocycles. The molecule has 3 aliphatic carbocycles. The summed E-state index contributed by atoms with van der Waals surface area (Å²) in [6.07, 6.45) is 6.89. The summed E-state index contributed by atoms with van der Waals surface area (Å²) < 4.78 is 0. The van der Waals surface area contributed by atoms with E-state index in [1.165, 1.54) is 5.57 Å². The Kier molecular flexibility index (Phi) is 1.96. The molecular formula is C14H20O2. The van der Waals surface area contributed by atoms with E-state index in [-0.39, 0.29) is 11.3 Å². The van der Waals surface area contributed by atoms with E-state index >= 15 is 0 Å². The van der Waals surface area contributed by atoms with Crippen molar-refractivity contribution in [2.24, 2.45) is 17.3 Å². The van der Waals surface area contributed by atoms with E-state index < -0.39 is 5.60 Å². The lowest BCUT2D eigenvalue weighted by Gasteiger charge is -2.52. The van der Waals surface area contributed by atoms with Gasteiger partial charge in [-0.05, 0) is 50.9 Å². The van der Waals surface area contributed by atoms with Crippen molar-refractivity contribution in [2.75, 3.05) is 0 Å². The molecule has 0 saturated heterocycles. The fourth-order valence-corrected chi connectivity index (χ4v) is 4.56. The first-order valence-corrected chi connectivity index (χ1v) is 6.36. The second-order valence-electron chi connectivity index (χ2n) is 6.38. The lowest BCUT2D eigenvalue weighted by atomic mass is 9.53. The molecule has 0 aromatic carbocycles. The SMILES string of the molecule is CC1=CCC23CCC(=O)C2C(C)(O)CC1C3. The number of fused-ring (bicyclic) bond motifs is 1. The molecule has 16 heavy (non-hydrogen) atoms. The van der Waals surface area contributed by atoms with Gasteiger partial charge in [0, 0.05) is 6.42 Å². The third-order valence-electron chi connectivity index (χ3n) is 5.21. The van der Waals surface area contributed by atoms with Gasteiger partial charge in [-0.3, -0.25) is 4.79 Å². The van der Waals surface area contributed by atoms with Crippen molar-refractivity contribution in [3.05, 3.63) is 11.6 Å². The summed E-state index contributed by atoms with van der Waals surface area (Å²) >= 11 is 0. The largest absolute Gasteiger partial charge is 0.389 e. The highest BCUT2D eigenvalue weighted by atomic mass is 16.3. The Balaban J connectivity index is 2.08. The zero-order valence-electron chi connectivity index (χ0n) is 10.1. The normalized spacial score (nSPS) is 51.2. The number of aliphatic hydroxyl groups is 1. The molecule has 2 fully saturated rings. The van der Waals surface area contributed by atoms with Crippen LogP contribution in [0.25, 0.3) is 0 Å². The summed E-state index contributed by atoms with van der Waals surface area (Å²) in [5.41, 5.74) is 0.748. The van der Waals surface area contributed by atoms with Crippen LogP contribution in [0.2, 0.25) is 0 Å². The minimum atomic E-state index is -0.772. The molecule has 4 atom stereocenters. The predicted molar refractivity (Wildman–Crippen MR) is 61.9 cm³/mol. The summed E-state index contributed by atoms with van der Waals surface area (Å²) in [6.45, 7) is 4.05. The second kappa shape index (κ2) is 2.98. The van der Waals surface area contributed by atoms with Crippen molar-refractivity contribution >= 4 is 5.78 Å². The van der Waals surface area contributed by atoms with Gasteiger partial charge in [0.15, 0.2) is 0 Å². The van der Waals surface area contributed by atoms with Crippen molar-refractivity contribution in [2.45, 2.75) is 51.6 Å². The van der Waals surface area contributed by atoms with Crippen LogP contribution >= 0.6 is 0 Å². The van der Waals surface area contributed by atoms with Crippen LogP contribution < -0.4 is 0 Å².